The summed E-state index contributed by atoms with van der Waals surface area (Å²) in [6.45, 7) is 4.75. The highest BCUT2D eigenvalue weighted by Gasteiger charge is 2.40. The first-order valence-corrected chi connectivity index (χ1v) is 7.49. The minimum Gasteiger partial charge on any atom is -0.391 e. The van der Waals surface area contributed by atoms with Crippen LogP contribution in [-0.4, -0.2) is 6.54 Å². The van der Waals surface area contributed by atoms with Crippen molar-refractivity contribution in [3.8, 4) is 0 Å². The van der Waals surface area contributed by atoms with Crippen LogP contribution in [0.5, 0.6) is 0 Å². The van der Waals surface area contributed by atoms with Gasteiger partial charge >= 0.3 is 0 Å². The molecule has 0 radical (unpaired) electrons. The zero-order valence-corrected chi connectivity index (χ0v) is 12.3. The van der Waals surface area contributed by atoms with Gasteiger partial charge in [0.05, 0.1) is 0 Å². The zero-order valence-electron chi connectivity index (χ0n) is 11.4. The maximum atomic E-state index is 4.46. The third-order valence-corrected chi connectivity index (χ3v) is 4.38. The van der Waals surface area contributed by atoms with Gasteiger partial charge in [0.1, 0.15) is 0 Å². The van der Waals surface area contributed by atoms with Crippen LogP contribution in [0.3, 0.4) is 0 Å². The van der Waals surface area contributed by atoms with Crippen molar-refractivity contribution in [1.82, 2.24) is 5.32 Å². The molecule has 1 N–H and O–H groups in total. The Balaban J connectivity index is 1.74. The Kier molecular flexibility index (Phi) is 5.15. The standard InChI is InChI=1S/C17H23NS/c1-2-18-14-13-17(11-12-17)10-6-5-8-15-7-3-4-9-16(15)19/h2-5,7-9,18-19H,1,6,10-14H2/b8-5+. The summed E-state index contributed by atoms with van der Waals surface area (Å²) in [7, 11) is 0. The van der Waals surface area contributed by atoms with Crippen molar-refractivity contribution in [2.75, 3.05) is 6.54 Å². The van der Waals surface area contributed by atoms with Gasteiger partial charge in [0.2, 0.25) is 0 Å². The fraction of sp³-hybridized carbons (Fsp3) is 0.412. The first-order valence-electron chi connectivity index (χ1n) is 7.05. The Labute approximate surface area is 122 Å². The molecule has 19 heavy (non-hydrogen) atoms. The zero-order chi connectivity index (χ0) is 13.6. The molecule has 2 rings (SSSR count). The largest absolute Gasteiger partial charge is 0.391 e. The predicted octanol–water partition coefficient (Wildman–Crippen LogP) is 4.67. The summed E-state index contributed by atoms with van der Waals surface area (Å²) < 4.78 is 0. The molecular weight excluding hydrogens is 250 g/mol. The smallest absolute Gasteiger partial charge is 0.0146 e. The third kappa shape index (κ3) is 4.46. The highest BCUT2D eigenvalue weighted by Crippen LogP contribution is 2.52. The second kappa shape index (κ2) is 6.85. The summed E-state index contributed by atoms with van der Waals surface area (Å²) in [5.74, 6) is 0. The van der Waals surface area contributed by atoms with Crippen molar-refractivity contribution < 1.29 is 0 Å². The third-order valence-electron chi connectivity index (χ3n) is 3.98. The highest BCUT2D eigenvalue weighted by molar-refractivity contribution is 7.80. The number of hydrogen-bond acceptors (Lipinski definition) is 2. The summed E-state index contributed by atoms with van der Waals surface area (Å²) in [6, 6.07) is 8.22. The van der Waals surface area contributed by atoms with E-state index in [1.165, 1.54) is 31.2 Å². The van der Waals surface area contributed by atoms with E-state index in [1.807, 2.05) is 12.1 Å². The molecule has 1 aromatic carbocycles. The van der Waals surface area contributed by atoms with Gasteiger partial charge in [-0.1, -0.05) is 36.9 Å². The minimum atomic E-state index is 0.612. The predicted molar refractivity (Wildman–Crippen MR) is 86.4 cm³/mol. The van der Waals surface area contributed by atoms with E-state index in [-0.39, 0.29) is 0 Å². The first-order chi connectivity index (χ1) is 9.26. The normalized spacial score (nSPS) is 16.5. The molecule has 0 spiro atoms. The van der Waals surface area contributed by atoms with Crippen LogP contribution >= 0.6 is 12.6 Å². The fourth-order valence-electron chi connectivity index (χ4n) is 2.47. The summed E-state index contributed by atoms with van der Waals surface area (Å²) in [5, 5.41) is 3.20. The van der Waals surface area contributed by atoms with Gasteiger partial charge in [-0.25, -0.2) is 0 Å². The Morgan fingerprint density at radius 1 is 1.26 bits per heavy atom. The molecule has 1 saturated carbocycles. The van der Waals surface area contributed by atoms with Crippen LogP contribution < -0.4 is 5.32 Å². The maximum Gasteiger partial charge on any atom is 0.0146 e. The SMILES string of the molecule is C=CNCCC1(CC/C=C/c2ccccc2S)CC1. The summed E-state index contributed by atoms with van der Waals surface area (Å²) in [6.07, 6.45) is 12.8. The molecule has 1 aromatic rings. The quantitative estimate of drug-likeness (QED) is 0.518. The Morgan fingerprint density at radius 3 is 2.74 bits per heavy atom. The van der Waals surface area contributed by atoms with E-state index in [1.54, 1.807) is 6.20 Å². The molecule has 0 atom stereocenters. The van der Waals surface area contributed by atoms with Crippen LogP contribution in [0.15, 0.2) is 48.0 Å². The molecule has 0 aromatic heterocycles. The molecule has 0 saturated heterocycles. The number of nitrogens with one attached hydrogen (secondary N) is 1. The molecule has 1 fully saturated rings. The molecular formula is C17H23NS. The van der Waals surface area contributed by atoms with Gasteiger partial charge in [0.25, 0.3) is 0 Å². The van der Waals surface area contributed by atoms with Crippen molar-refractivity contribution in [2.24, 2.45) is 5.41 Å². The lowest BCUT2D eigenvalue weighted by atomic mass is 9.96. The summed E-state index contributed by atoms with van der Waals surface area (Å²) >= 11 is 4.46. The van der Waals surface area contributed by atoms with Crippen LogP contribution in [0.2, 0.25) is 0 Å². The van der Waals surface area contributed by atoms with E-state index >= 15 is 0 Å². The first kappa shape index (κ1) is 14.3. The van der Waals surface area contributed by atoms with Crippen molar-refractivity contribution >= 4 is 18.7 Å². The Morgan fingerprint density at radius 2 is 2.05 bits per heavy atom. The lowest BCUT2D eigenvalue weighted by Gasteiger charge is -2.13. The minimum absolute atomic E-state index is 0.612. The number of benzene rings is 1. The van der Waals surface area contributed by atoms with Crippen LogP contribution in [0.1, 0.15) is 37.7 Å². The van der Waals surface area contributed by atoms with Crippen molar-refractivity contribution in [1.29, 1.82) is 0 Å². The van der Waals surface area contributed by atoms with Gasteiger partial charge in [-0.05, 0) is 55.3 Å². The van der Waals surface area contributed by atoms with Gasteiger partial charge in [-0.15, -0.1) is 12.6 Å². The van der Waals surface area contributed by atoms with E-state index in [0.29, 0.717) is 5.41 Å². The van der Waals surface area contributed by atoms with Crippen LogP contribution in [0.4, 0.5) is 0 Å². The molecule has 0 unspecified atom stereocenters. The lowest BCUT2D eigenvalue weighted by molar-refractivity contribution is 0.429. The number of thiol groups is 1. The summed E-state index contributed by atoms with van der Waals surface area (Å²) in [4.78, 5) is 1.05. The van der Waals surface area contributed by atoms with Crippen LogP contribution in [0.25, 0.3) is 6.08 Å². The van der Waals surface area contributed by atoms with E-state index in [9.17, 15) is 0 Å². The molecule has 102 valence electrons. The molecule has 0 bridgehead atoms. The van der Waals surface area contributed by atoms with Crippen molar-refractivity contribution in [2.45, 2.75) is 37.0 Å². The second-order valence-electron chi connectivity index (χ2n) is 5.41. The Bertz CT molecular complexity index is 446. The van der Waals surface area contributed by atoms with E-state index in [4.69, 9.17) is 0 Å². The van der Waals surface area contributed by atoms with E-state index in [0.717, 1.165) is 17.9 Å². The average Bonchev–Trinajstić information content (AvgIpc) is 3.17. The maximum absolute atomic E-state index is 4.46. The van der Waals surface area contributed by atoms with Gasteiger partial charge in [-0.2, -0.15) is 0 Å². The number of allylic oxidation sites excluding steroid dienone is 1. The second-order valence-corrected chi connectivity index (χ2v) is 5.89. The van der Waals surface area contributed by atoms with Gasteiger partial charge in [0.15, 0.2) is 0 Å². The van der Waals surface area contributed by atoms with Crippen LogP contribution in [0, 0.1) is 5.41 Å². The molecule has 0 amide bonds. The number of rotatable bonds is 8. The molecule has 0 heterocycles. The van der Waals surface area contributed by atoms with Crippen LogP contribution in [-0.2, 0) is 0 Å². The molecule has 1 nitrogen and oxygen atoms in total. The number of hydrogen-bond donors (Lipinski definition) is 2. The van der Waals surface area contributed by atoms with E-state index in [2.05, 4.69) is 48.8 Å². The van der Waals surface area contributed by atoms with Crippen molar-refractivity contribution in [3.05, 3.63) is 48.7 Å². The van der Waals surface area contributed by atoms with E-state index < -0.39 is 0 Å². The van der Waals surface area contributed by atoms with Crippen molar-refractivity contribution in [3.63, 3.8) is 0 Å². The van der Waals surface area contributed by atoms with Gasteiger partial charge in [0, 0.05) is 11.4 Å². The Hall–Kier alpha value is -1.15. The fourth-order valence-corrected chi connectivity index (χ4v) is 2.70. The molecule has 1 aliphatic rings. The topological polar surface area (TPSA) is 12.0 Å². The monoisotopic (exact) mass is 273 g/mol. The molecule has 1 aliphatic carbocycles. The van der Waals surface area contributed by atoms with Gasteiger partial charge in [-0.3, -0.25) is 0 Å². The average molecular weight is 273 g/mol. The van der Waals surface area contributed by atoms with Gasteiger partial charge < -0.3 is 5.32 Å². The summed E-state index contributed by atoms with van der Waals surface area (Å²) in [5.41, 5.74) is 1.82. The molecule has 0 aliphatic heterocycles. The highest BCUT2D eigenvalue weighted by atomic mass is 32.1. The molecule has 2 heteroatoms. The lowest BCUT2D eigenvalue weighted by Crippen LogP contribution is -2.12.